The summed E-state index contributed by atoms with van der Waals surface area (Å²) >= 11 is 3.29. The lowest BCUT2D eigenvalue weighted by molar-refractivity contribution is 0.579. The maximum Gasteiger partial charge on any atom is 0.182 e. The van der Waals surface area contributed by atoms with E-state index in [9.17, 15) is 8.42 Å². The highest BCUT2D eigenvalue weighted by Crippen LogP contribution is 2.34. The summed E-state index contributed by atoms with van der Waals surface area (Å²) in [5.41, 5.74) is 0.789. The highest BCUT2D eigenvalue weighted by molar-refractivity contribution is 9.10. The molecule has 0 radical (unpaired) electrons. The number of rotatable bonds is 0. The molecule has 1 atom stereocenters. The van der Waals surface area contributed by atoms with Crippen LogP contribution < -0.4 is 4.90 Å². The van der Waals surface area contributed by atoms with Crippen molar-refractivity contribution in [1.29, 1.82) is 0 Å². The predicted octanol–water partition coefficient (Wildman–Crippen LogP) is 2.06. The first-order chi connectivity index (χ1) is 6.92. The molecule has 0 spiro atoms. The zero-order valence-corrected chi connectivity index (χ0v) is 11.0. The van der Waals surface area contributed by atoms with E-state index in [1.54, 1.807) is 6.07 Å². The summed E-state index contributed by atoms with van der Waals surface area (Å²) in [5, 5.41) is 0. The number of hydrogen-bond acceptors (Lipinski definition) is 3. The molecular formula is C10H12BrNO2S. The Balaban J connectivity index is 2.70. The minimum atomic E-state index is -3.12. The van der Waals surface area contributed by atoms with E-state index in [-0.39, 0.29) is 11.8 Å². The van der Waals surface area contributed by atoms with E-state index in [0.717, 1.165) is 10.2 Å². The number of nitrogens with zero attached hydrogens (tertiary/aromatic N) is 1. The van der Waals surface area contributed by atoms with Gasteiger partial charge in [0.25, 0.3) is 0 Å². The molecule has 3 nitrogen and oxygen atoms in total. The van der Waals surface area contributed by atoms with Gasteiger partial charge in [0.1, 0.15) is 0 Å². The van der Waals surface area contributed by atoms with E-state index in [1.807, 2.05) is 31.0 Å². The van der Waals surface area contributed by atoms with Crippen LogP contribution >= 0.6 is 15.9 Å². The van der Waals surface area contributed by atoms with Gasteiger partial charge in [-0.05, 0) is 25.1 Å². The zero-order chi connectivity index (χ0) is 11.2. The Hall–Kier alpha value is -0.550. The van der Waals surface area contributed by atoms with Crippen molar-refractivity contribution in [3.05, 3.63) is 22.7 Å². The van der Waals surface area contributed by atoms with Gasteiger partial charge in [0.15, 0.2) is 9.84 Å². The van der Waals surface area contributed by atoms with Gasteiger partial charge in [-0.3, -0.25) is 0 Å². The van der Waals surface area contributed by atoms with E-state index >= 15 is 0 Å². The van der Waals surface area contributed by atoms with E-state index in [0.29, 0.717) is 4.90 Å². The Morgan fingerprint density at radius 3 is 2.80 bits per heavy atom. The molecule has 5 heteroatoms. The Kier molecular flexibility index (Phi) is 2.55. The second kappa shape index (κ2) is 3.49. The van der Waals surface area contributed by atoms with Crippen molar-refractivity contribution in [2.24, 2.45) is 0 Å². The topological polar surface area (TPSA) is 37.4 Å². The summed E-state index contributed by atoms with van der Waals surface area (Å²) in [6, 6.07) is 5.41. The van der Waals surface area contributed by atoms with Gasteiger partial charge in [-0.1, -0.05) is 15.9 Å². The summed E-state index contributed by atoms with van der Waals surface area (Å²) < 4.78 is 24.7. The summed E-state index contributed by atoms with van der Waals surface area (Å²) in [4.78, 5) is 2.43. The van der Waals surface area contributed by atoms with Gasteiger partial charge in [0.2, 0.25) is 0 Å². The number of fused-ring (bicyclic) bond motifs is 1. The highest BCUT2D eigenvalue weighted by Gasteiger charge is 2.31. The second-order valence-electron chi connectivity index (χ2n) is 3.85. The largest absolute Gasteiger partial charge is 0.370 e. The van der Waals surface area contributed by atoms with Gasteiger partial charge < -0.3 is 4.90 Å². The molecular weight excluding hydrogens is 278 g/mol. The summed E-state index contributed by atoms with van der Waals surface area (Å²) in [6.07, 6.45) is 0. The van der Waals surface area contributed by atoms with Crippen LogP contribution in [0.25, 0.3) is 0 Å². The van der Waals surface area contributed by atoms with E-state index in [1.165, 1.54) is 0 Å². The van der Waals surface area contributed by atoms with Crippen LogP contribution in [0, 0.1) is 0 Å². The molecule has 0 aromatic heterocycles. The summed E-state index contributed by atoms with van der Waals surface area (Å²) in [6.45, 7) is 1.92. The quantitative estimate of drug-likeness (QED) is 0.734. The van der Waals surface area contributed by atoms with E-state index in [2.05, 4.69) is 15.9 Å². The molecule has 0 saturated heterocycles. The maximum atomic E-state index is 11.9. The van der Waals surface area contributed by atoms with Crippen LogP contribution in [-0.2, 0) is 9.84 Å². The SMILES string of the molecule is CC1CS(=O)(=O)c2cc(Br)ccc2N1C. The smallest absolute Gasteiger partial charge is 0.182 e. The Labute approximate surface area is 98.1 Å². The maximum absolute atomic E-state index is 11.9. The molecule has 0 amide bonds. The molecule has 0 aliphatic carbocycles. The molecule has 82 valence electrons. The van der Waals surface area contributed by atoms with Crippen molar-refractivity contribution >= 4 is 31.5 Å². The highest BCUT2D eigenvalue weighted by atomic mass is 79.9. The van der Waals surface area contributed by atoms with E-state index in [4.69, 9.17) is 0 Å². The minimum absolute atomic E-state index is 0.0312. The summed E-state index contributed by atoms with van der Waals surface area (Å²) in [7, 11) is -1.20. The van der Waals surface area contributed by atoms with Gasteiger partial charge in [0, 0.05) is 17.6 Å². The fourth-order valence-corrected chi connectivity index (χ4v) is 4.17. The molecule has 2 rings (SSSR count). The first kappa shape index (κ1) is 11.0. The molecule has 0 bridgehead atoms. The Morgan fingerprint density at radius 1 is 1.47 bits per heavy atom. The third kappa shape index (κ3) is 1.78. The molecule has 1 aliphatic heterocycles. The van der Waals surface area contributed by atoms with Crippen molar-refractivity contribution in [1.82, 2.24) is 0 Å². The molecule has 15 heavy (non-hydrogen) atoms. The number of benzene rings is 1. The summed E-state index contributed by atoms with van der Waals surface area (Å²) in [5.74, 6) is 0.187. The van der Waals surface area contributed by atoms with Crippen LogP contribution in [0.4, 0.5) is 5.69 Å². The first-order valence-corrected chi connectivity index (χ1v) is 7.11. The van der Waals surface area contributed by atoms with Crippen molar-refractivity contribution in [3.63, 3.8) is 0 Å². The fraction of sp³-hybridized carbons (Fsp3) is 0.400. The molecule has 1 aromatic rings. The third-order valence-corrected chi connectivity index (χ3v) is 5.17. The van der Waals surface area contributed by atoms with Crippen molar-refractivity contribution < 1.29 is 8.42 Å². The monoisotopic (exact) mass is 289 g/mol. The lowest BCUT2D eigenvalue weighted by Crippen LogP contribution is -2.40. The number of halogens is 1. The van der Waals surface area contributed by atoms with Gasteiger partial charge in [-0.25, -0.2) is 8.42 Å². The number of sulfone groups is 1. The lowest BCUT2D eigenvalue weighted by Gasteiger charge is -2.33. The average molecular weight is 290 g/mol. The molecule has 1 aliphatic rings. The zero-order valence-electron chi connectivity index (χ0n) is 8.57. The lowest BCUT2D eigenvalue weighted by atomic mass is 10.2. The van der Waals surface area contributed by atoms with Crippen LogP contribution in [-0.4, -0.2) is 27.3 Å². The van der Waals surface area contributed by atoms with Crippen molar-refractivity contribution in [2.45, 2.75) is 17.9 Å². The Bertz CT molecular complexity index is 498. The van der Waals surface area contributed by atoms with Crippen LogP contribution in [0.3, 0.4) is 0 Å². The van der Waals surface area contributed by atoms with Crippen LogP contribution in [0.2, 0.25) is 0 Å². The molecule has 1 heterocycles. The predicted molar refractivity (Wildman–Crippen MR) is 64.1 cm³/mol. The van der Waals surface area contributed by atoms with Gasteiger partial charge in [-0.15, -0.1) is 0 Å². The Morgan fingerprint density at radius 2 is 2.13 bits per heavy atom. The van der Waals surface area contributed by atoms with Gasteiger partial charge in [-0.2, -0.15) is 0 Å². The molecule has 0 N–H and O–H groups in total. The van der Waals surface area contributed by atoms with Crippen LogP contribution in [0.15, 0.2) is 27.6 Å². The van der Waals surface area contributed by atoms with Crippen LogP contribution in [0.5, 0.6) is 0 Å². The number of hydrogen-bond donors (Lipinski definition) is 0. The van der Waals surface area contributed by atoms with Crippen LogP contribution in [0.1, 0.15) is 6.92 Å². The number of anilines is 1. The molecule has 1 aromatic carbocycles. The molecule has 0 saturated carbocycles. The average Bonchev–Trinajstić information content (AvgIpc) is 2.14. The molecule has 0 fully saturated rings. The van der Waals surface area contributed by atoms with Gasteiger partial charge in [0.05, 0.1) is 16.3 Å². The van der Waals surface area contributed by atoms with Gasteiger partial charge >= 0.3 is 0 Å². The standard InChI is InChI=1S/C10H12BrNO2S/c1-7-6-15(13,14)10-5-8(11)3-4-9(10)12(7)2/h3-5,7H,6H2,1-2H3. The minimum Gasteiger partial charge on any atom is -0.370 e. The normalized spacial score (nSPS) is 23.7. The second-order valence-corrected chi connectivity index (χ2v) is 6.77. The van der Waals surface area contributed by atoms with Crippen molar-refractivity contribution in [3.8, 4) is 0 Å². The molecule has 1 unspecified atom stereocenters. The third-order valence-electron chi connectivity index (χ3n) is 2.76. The van der Waals surface area contributed by atoms with Crippen molar-refractivity contribution in [2.75, 3.05) is 17.7 Å². The fourth-order valence-electron chi connectivity index (χ4n) is 1.79. The first-order valence-electron chi connectivity index (χ1n) is 4.67. The van der Waals surface area contributed by atoms with E-state index < -0.39 is 9.84 Å².